The molecule has 1 atom stereocenters. The Morgan fingerprint density at radius 1 is 1.33 bits per heavy atom. The Bertz CT molecular complexity index is 359. The van der Waals surface area contributed by atoms with Gasteiger partial charge in [-0.3, -0.25) is 0 Å². The van der Waals surface area contributed by atoms with Crippen LogP contribution in [0.2, 0.25) is 0 Å². The van der Waals surface area contributed by atoms with E-state index in [-0.39, 0.29) is 11.0 Å². The third kappa shape index (κ3) is 5.24. The Kier molecular flexibility index (Phi) is 5.21. The molecule has 1 unspecified atom stereocenters. The molecule has 0 spiro atoms. The highest BCUT2D eigenvalue weighted by Crippen LogP contribution is 2.35. The molecule has 0 aromatic carbocycles. The summed E-state index contributed by atoms with van der Waals surface area (Å²) in [6, 6.07) is 0. The molecule has 1 aliphatic rings. The first-order valence-corrected chi connectivity index (χ1v) is 8.53. The van der Waals surface area contributed by atoms with Gasteiger partial charge in [0.1, 0.15) is 0 Å². The van der Waals surface area contributed by atoms with Crippen molar-refractivity contribution in [2.75, 3.05) is 31.3 Å². The second-order valence-corrected chi connectivity index (χ2v) is 8.58. The second-order valence-electron chi connectivity index (χ2n) is 6.39. The van der Waals surface area contributed by atoms with Gasteiger partial charge in [0.05, 0.1) is 11.5 Å². The lowest BCUT2D eigenvalue weighted by Gasteiger charge is -2.32. The van der Waals surface area contributed by atoms with E-state index < -0.39 is 9.84 Å². The summed E-state index contributed by atoms with van der Waals surface area (Å²) in [7, 11) is -2.85. The van der Waals surface area contributed by atoms with Gasteiger partial charge in [-0.05, 0) is 46.0 Å². The fourth-order valence-electron chi connectivity index (χ4n) is 2.29. The Morgan fingerprint density at radius 3 is 2.44 bits per heavy atom. The van der Waals surface area contributed by atoms with Gasteiger partial charge in [-0.2, -0.15) is 0 Å². The summed E-state index contributed by atoms with van der Waals surface area (Å²) in [6.07, 6.45) is 1.58. The molecule has 1 N–H and O–H groups in total. The SMILES string of the molecule is CCOCCC1(CNC(C)(C)C)CCS(=O)(=O)C1. The van der Waals surface area contributed by atoms with E-state index in [0.29, 0.717) is 24.7 Å². The van der Waals surface area contributed by atoms with Crippen LogP contribution in [0.5, 0.6) is 0 Å². The molecule has 0 saturated carbocycles. The molecule has 0 aromatic heterocycles. The maximum absolute atomic E-state index is 11.7. The average molecular weight is 277 g/mol. The molecule has 0 bridgehead atoms. The van der Waals surface area contributed by atoms with Crippen LogP contribution in [-0.2, 0) is 14.6 Å². The monoisotopic (exact) mass is 277 g/mol. The molecule has 18 heavy (non-hydrogen) atoms. The number of hydrogen-bond donors (Lipinski definition) is 1. The van der Waals surface area contributed by atoms with Gasteiger partial charge in [-0.25, -0.2) is 8.42 Å². The minimum atomic E-state index is -2.85. The van der Waals surface area contributed by atoms with E-state index in [4.69, 9.17) is 4.74 Å². The molecular formula is C13H27NO3S. The molecule has 1 rings (SSSR count). The van der Waals surface area contributed by atoms with Crippen molar-refractivity contribution in [3.63, 3.8) is 0 Å². The molecule has 5 heteroatoms. The van der Waals surface area contributed by atoms with Crippen LogP contribution in [0.1, 0.15) is 40.5 Å². The Balaban J connectivity index is 2.64. The highest BCUT2D eigenvalue weighted by atomic mass is 32.2. The van der Waals surface area contributed by atoms with E-state index in [0.717, 1.165) is 19.4 Å². The summed E-state index contributed by atoms with van der Waals surface area (Å²) in [5.41, 5.74) is -0.119. The van der Waals surface area contributed by atoms with Crippen LogP contribution in [0.15, 0.2) is 0 Å². The van der Waals surface area contributed by atoms with Gasteiger partial charge in [0.15, 0.2) is 9.84 Å². The van der Waals surface area contributed by atoms with Crippen LogP contribution in [0.3, 0.4) is 0 Å². The fraction of sp³-hybridized carbons (Fsp3) is 1.00. The predicted octanol–water partition coefficient (Wildman–Crippen LogP) is 1.61. The zero-order chi connectivity index (χ0) is 13.9. The molecule has 1 aliphatic heterocycles. The largest absolute Gasteiger partial charge is 0.382 e. The van der Waals surface area contributed by atoms with Crippen molar-refractivity contribution in [1.29, 1.82) is 0 Å². The maximum atomic E-state index is 11.7. The summed E-state index contributed by atoms with van der Waals surface area (Å²) in [6.45, 7) is 10.4. The van der Waals surface area contributed by atoms with Crippen LogP contribution in [0.25, 0.3) is 0 Å². The van der Waals surface area contributed by atoms with E-state index in [1.807, 2.05) is 6.92 Å². The third-order valence-corrected chi connectivity index (χ3v) is 5.32. The van der Waals surface area contributed by atoms with Gasteiger partial charge < -0.3 is 10.1 Å². The van der Waals surface area contributed by atoms with E-state index in [2.05, 4.69) is 26.1 Å². The normalized spacial score (nSPS) is 27.6. The lowest BCUT2D eigenvalue weighted by Crippen LogP contribution is -2.45. The minimum absolute atomic E-state index is 0.0188. The van der Waals surface area contributed by atoms with Crippen LogP contribution in [0, 0.1) is 5.41 Å². The molecule has 0 amide bonds. The van der Waals surface area contributed by atoms with Crippen molar-refractivity contribution in [2.24, 2.45) is 5.41 Å². The molecule has 4 nitrogen and oxygen atoms in total. The number of ether oxygens (including phenoxy) is 1. The third-order valence-electron chi connectivity index (χ3n) is 3.44. The van der Waals surface area contributed by atoms with E-state index in [1.54, 1.807) is 0 Å². The molecule has 108 valence electrons. The van der Waals surface area contributed by atoms with Crippen molar-refractivity contribution < 1.29 is 13.2 Å². The Morgan fingerprint density at radius 2 is 2.00 bits per heavy atom. The Labute approximate surface area is 111 Å². The topological polar surface area (TPSA) is 55.4 Å². The number of rotatable bonds is 6. The standard InChI is InChI=1S/C13H27NO3S/c1-5-17-8-6-13(10-14-12(2,3)4)7-9-18(15,16)11-13/h14H,5-11H2,1-4H3. The van der Waals surface area contributed by atoms with E-state index in [9.17, 15) is 8.42 Å². The summed E-state index contributed by atoms with van der Waals surface area (Å²) in [5, 5.41) is 3.45. The van der Waals surface area contributed by atoms with Gasteiger partial charge in [0.2, 0.25) is 0 Å². The van der Waals surface area contributed by atoms with Crippen LogP contribution in [-0.4, -0.2) is 45.2 Å². The lowest BCUT2D eigenvalue weighted by atomic mass is 9.83. The van der Waals surface area contributed by atoms with Crippen LogP contribution < -0.4 is 5.32 Å². The number of sulfone groups is 1. The highest BCUT2D eigenvalue weighted by molar-refractivity contribution is 7.91. The summed E-state index contributed by atoms with van der Waals surface area (Å²) >= 11 is 0. The van der Waals surface area contributed by atoms with Crippen molar-refractivity contribution in [2.45, 2.75) is 46.1 Å². The molecule has 1 fully saturated rings. The van der Waals surface area contributed by atoms with Crippen molar-refractivity contribution in [1.82, 2.24) is 5.32 Å². The van der Waals surface area contributed by atoms with E-state index >= 15 is 0 Å². The van der Waals surface area contributed by atoms with Gasteiger partial charge in [0, 0.05) is 25.3 Å². The average Bonchev–Trinajstić information content (AvgIpc) is 2.52. The smallest absolute Gasteiger partial charge is 0.150 e. The summed E-state index contributed by atoms with van der Waals surface area (Å²) in [4.78, 5) is 0. The molecule has 0 radical (unpaired) electrons. The summed E-state index contributed by atoms with van der Waals surface area (Å²) in [5.74, 6) is 0.626. The summed E-state index contributed by atoms with van der Waals surface area (Å²) < 4.78 is 28.9. The van der Waals surface area contributed by atoms with Gasteiger partial charge in [-0.15, -0.1) is 0 Å². The van der Waals surface area contributed by atoms with Crippen LogP contribution >= 0.6 is 0 Å². The minimum Gasteiger partial charge on any atom is -0.382 e. The Hall–Kier alpha value is -0.130. The molecule has 1 heterocycles. The zero-order valence-electron chi connectivity index (χ0n) is 12.1. The first-order valence-electron chi connectivity index (χ1n) is 6.71. The lowest BCUT2D eigenvalue weighted by molar-refractivity contribution is 0.107. The molecule has 0 aromatic rings. The van der Waals surface area contributed by atoms with Gasteiger partial charge in [-0.1, -0.05) is 0 Å². The molecule has 1 saturated heterocycles. The fourth-order valence-corrected chi connectivity index (χ4v) is 4.51. The van der Waals surface area contributed by atoms with Gasteiger partial charge in [0.25, 0.3) is 0 Å². The maximum Gasteiger partial charge on any atom is 0.150 e. The quantitative estimate of drug-likeness (QED) is 0.749. The zero-order valence-corrected chi connectivity index (χ0v) is 12.9. The van der Waals surface area contributed by atoms with Crippen molar-refractivity contribution >= 4 is 9.84 Å². The number of nitrogens with one attached hydrogen (secondary N) is 1. The van der Waals surface area contributed by atoms with Crippen molar-refractivity contribution in [3.8, 4) is 0 Å². The van der Waals surface area contributed by atoms with Crippen molar-refractivity contribution in [3.05, 3.63) is 0 Å². The first-order chi connectivity index (χ1) is 8.18. The van der Waals surface area contributed by atoms with Gasteiger partial charge >= 0.3 is 0 Å². The first kappa shape index (κ1) is 15.9. The van der Waals surface area contributed by atoms with Crippen LogP contribution in [0.4, 0.5) is 0 Å². The number of hydrogen-bond acceptors (Lipinski definition) is 4. The highest BCUT2D eigenvalue weighted by Gasteiger charge is 2.42. The predicted molar refractivity (Wildman–Crippen MR) is 74.6 cm³/mol. The van der Waals surface area contributed by atoms with E-state index in [1.165, 1.54) is 0 Å². The second kappa shape index (κ2) is 5.88. The molecule has 0 aliphatic carbocycles. The molecular weight excluding hydrogens is 250 g/mol.